The number of anilines is 1. The van der Waals surface area contributed by atoms with Gasteiger partial charge in [0.15, 0.2) is 0 Å². The summed E-state index contributed by atoms with van der Waals surface area (Å²) in [7, 11) is 1.39. The molecule has 3 nitrogen and oxygen atoms in total. The van der Waals surface area contributed by atoms with Crippen LogP contribution in [0.2, 0.25) is 0 Å². The molecule has 16 heavy (non-hydrogen) atoms. The van der Waals surface area contributed by atoms with Gasteiger partial charge in [0.1, 0.15) is 6.54 Å². The number of ether oxygens (including phenoxy) is 1. The average molecular weight is 221 g/mol. The van der Waals surface area contributed by atoms with Gasteiger partial charge < -0.3 is 10.1 Å². The van der Waals surface area contributed by atoms with Gasteiger partial charge in [0.2, 0.25) is 0 Å². The fraction of sp³-hybridized carbons (Fsp3) is 0.462. The van der Waals surface area contributed by atoms with Gasteiger partial charge in [-0.05, 0) is 24.0 Å². The van der Waals surface area contributed by atoms with E-state index in [1.807, 2.05) is 19.1 Å². The summed E-state index contributed by atoms with van der Waals surface area (Å²) in [5, 5.41) is 3.14. The molecule has 88 valence electrons. The molecule has 0 saturated carbocycles. The van der Waals surface area contributed by atoms with Crippen LogP contribution in [0.5, 0.6) is 0 Å². The molecule has 0 unspecified atom stereocenters. The van der Waals surface area contributed by atoms with Crippen LogP contribution in [0.3, 0.4) is 0 Å². The normalized spacial score (nSPS) is 10.3. The van der Waals surface area contributed by atoms with Gasteiger partial charge in [-0.15, -0.1) is 0 Å². The quantitative estimate of drug-likeness (QED) is 0.794. The van der Waals surface area contributed by atoms with Crippen molar-refractivity contribution in [3.8, 4) is 0 Å². The molecule has 0 atom stereocenters. The third-order valence-electron chi connectivity index (χ3n) is 2.56. The maximum Gasteiger partial charge on any atom is 0.325 e. The zero-order valence-electron chi connectivity index (χ0n) is 10.3. The number of aryl methyl sites for hydroxylation is 1. The first-order valence-electron chi connectivity index (χ1n) is 5.46. The monoisotopic (exact) mass is 221 g/mol. The second kappa shape index (κ2) is 5.54. The van der Waals surface area contributed by atoms with E-state index in [1.165, 1.54) is 12.7 Å². The number of nitrogens with one attached hydrogen (secondary N) is 1. The van der Waals surface area contributed by atoms with E-state index in [1.54, 1.807) is 0 Å². The van der Waals surface area contributed by atoms with Crippen molar-refractivity contribution in [3.63, 3.8) is 0 Å². The van der Waals surface area contributed by atoms with Crippen molar-refractivity contribution >= 4 is 11.7 Å². The van der Waals surface area contributed by atoms with Gasteiger partial charge in [0.25, 0.3) is 0 Å². The second-order valence-corrected chi connectivity index (χ2v) is 4.12. The van der Waals surface area contributed by atoms with Gasteiger partial charge in [-0.1, -0.05) is 32.0 Å². The van der Waals surface area contributed by atoms with Gasteiger partial charge in [0.05, 0.1) is 7.11 Å². The Bertz CT molecular complexity index is 372. The zero-order chi connectivity index (χ0) is 12.1. The molecule has 0 aliphatic heterocycles. The Morgan fingerprint density at radius 2 is 2.12 bits per heavy atom. The van der Waals surface area contributed by atoms with Crippen LogP contribution in [0, 0.1) is 6.92 Å². The van der Waals surface area contributed by atoms with E-state index in [4.69, 9.17) is 0 Å². The molecule has 1 N–H and O–H groups in total. The van der Waals surface area contributed by atoms with Crippen LogP contribution in [-0.2, 0) is 9.53 Å². The topological polar surface area (TPSA) is 38.3 Å². The molecule has 0 radical (unpaired) electrons. The van der Waals surface area contributed by atoms with Crippen LogP contribution < -0.4 is 5.32 Å². The predicted octanol–water partition coefficient (Wildman–Crippen LogP) is 2.70. The van der Waals surface area contributed by atoms with Crippen molar-refractivity contribution in [2.24, 2.45) is 0 Å². The molecule has 0 aliphatic rings. The Kier molecular flexibility index (Phi) is 4.35. The van der Waals surface area contributed by atoms with Gasteiger partial charge in [-0.25, -0.2) is 0 Å². The van der Waals surface area contributed by atoms with Crippen LogP contribution in [0.25, 0.3) is 0 Å². The number of rotatable bonds is 4. The van der Waals surface area contributed by atoms with E-state index in [-0.39, 0.29) is 12.5 Å². The number of para-hydroxylation sites is 1. The Morgan fingerprint density at radius 3 is 2.69 bits per heavy atom. The first-order chi connectivity index (χ1) is 7.56. The third-order valence-corrected chi connectivity index (χ3v) is 2.56. The lowest BCUT2D eigenvalue weighted by atomic mass is 9.98. The smallest absolute Gasteiger partial charge is 0.325 e. The highest BCUT2D eigenvalue weighted by molar-refractivity contribution is 5.76. The maximum absolute atomic E-state index is 11.1. The predicted molar refractivity (Wildman–Crippen MR) is 65.8 cm³/mol. The molecule has 0 heterocycles. The van der Waals surface area contributed by atoms with E-state index < -0.39 is 0 Å². The molecule has 0 aromatic heterocycles. The van der Waals surface area contributed by atoms with Gasteiger partial charge in [-0.2, -0.15) is 0 Å². The lowest BCUT2D eigenvalue weighted by Gasteiger charge is -2.16. The summed E-state index contributed by atoms with van der Waals surface area (Å²) in [5.74, 6) is 0.179. The van der Waals surface area contributed by atoms with Crippen molar-refractivity contribution in [1.82, 2.24) is 0 Å². The van der Waals surface area contributed by atoms with Crippen molar-refractivity contribution in [1.29, 1.82) is 0 Å². The first kappa shape index (κ1) is 12.6. The Morgan fingerprint density at radius 1 is 1.44 bits per heavy atom. The van der Waals surface area contributed by atoms with Crippen LogP contribution in [-0.4, -0.2) is 19.6 Å². The highest BCUT2D eigenvalue weighted by atomic mass is 16.5. The maximum atomic E-state index is 11.1. The SMILES string of the molecule is COC(=O)CNc1c(C)cccc1C(C)C. The van der Waals surface area contributed by atoms with Gasteiger partial charge >= 0.3 is 5.97 Å². The highest BCUT2D eigenvalue weighted by Gasteiger charge is 2.09. The number of hydrogen-bond donors (Lipinski definition) is 1. The van der Waals surface area contributed by atoms with Crippen LogP contribution >= 0.6 is 0 Å². The van der Waals surface area contributed by atoms with Crippen LogP contribution in [0.4, 0.5) is 5.69 Å². The largest absolute Gasteiger partial charge is 0.468 e. The van der Waals surface area contributed by atoms with Crippen LogP contribution in [0.1, 0.15) is 30.9 Å². The fourth-order valence-electron chi connectivity index (χ4n) is 1.65. The molecular weight excluding hydrogens is 202 g/mol. The summed E-state index contributed by atoms with van der Waals surface area (Å²) in [5.41, 5.74) is 3.42. The molecule has 0 spiro atoms. The minimum Gasteiger partial charge on any atom is -0.468 e. The van der Waals surface area contributed by atoms with Crippen molar-refractivity contribution in [2.75, 3.05) is 19.0 Å². The van der Waals surface area contributed by atoms with Crippen molar-refractivity contribution in [2.45, 2.75) is 26.7 Å². The molecular formula is C13H19NO2. The molecule has 0 aliphatic carbocycles. The zero-order valence-corrected chi connectivity index (χ0v) is 10.3. The summed E-state index contributed by atoms with van der Waals surface area (Å²) < 4.78 is 4.61. The summed E-state index contributed by atoms with van der Waals surface area (Å²) in [4.78, 5) is 11.1. The van der Waals surface area contributed by atoms with E-state index in [9.17, 15) is 4.79 Å². The Balaban J connectivity index is 2.88. The summed E-state index contributed by atoms with van der Waals surface area (Å²) >= 11 is 0. The molecule has 1 rings (SSSR count). The first-order valence-corrected chi connectivity index (χ1v) is 5.46. The minimum atomic E-state index is -0.252. The molecule has 0 fully saturated rings. The minimum absolute atomic E-state index is 0.209. The van der Waals surface area contributed by atoms with Crippen molar-refractivity contribution < 1.29 is 9.53 Å². The van der Waals surface area contributed by atoms with E-state index in [0.29, 0.717) is 5.92 Å². The lowest BCUT2D eigenvalue weighted by molar-refractivity contribution is -0.138. The van der Waals surface area contributed by atoms with E-state index in [0.717, 1.165) is 11.3 Å². The van der Waals surface area contributed by atoms with Gasteiger partial charge in [0, 0.05) is 5.69 Å². The Labute approximate surface area is 96.8 Å². The molecule has 3 heteroatoms. The number of methoxy groups -OCH3 is 1. The molecule has 1 aromatic carbocycles. The summed E-state index contributed by atoms with van der Waals surface area (Å²) in [6.07, 6.45) is 0. The standard InChI is InChI=1S/C13H19NO2/c1-9(2)11-7-5-6-10(3)13(11)14-8-12(15)16-4/h5-7,9,14H,8H2,1-4H3. The highest BCUT2D eigenvalue weighted by Crippen LogP contribution is 2.27. The average Bonchev–Trinajstić information content (AvgIpc) is 2.26. The van der Waals surface area contributed by atoms with E-state index in [2.05, 4.69) is 30.0 Å². The number of carbonyl (C=O) groups is 1. The molecule has 1 aromatic rings. The number of hydrogen-bond acceptors (Lipinski definition) is 3. The fourth-order valence-corrected chi connectivity index (χ4v) is 1.65. The summed E-state index contributed by atoms with van der Waals surface area (Å²) in [6.45, 7) is 6.52. The lowest BCUT2D eigenvalue weighted by Crippen LogP contribution is -2.16. The number of carbonyl (C=O) groups excluding carboxylic acids is 1. The molecule has 0 saturated heterocycles. The number of esters is 1. The van der Waals surface area contributed by atoms with Gasteiger partial charge in [-0.3, -0.25) is 4.79 Å². The third kappa shape index (κ3) is 2.99. The van der Waals surface area contributed by atoms with E-state index >= 15 is 0 Å². The van der Waals surface area contributed by atoms with Crippen LogP contribution in [0.15, 0.2) is 18.2 Å². The van der Waals surface area contributed by atoms with Crippen molar-refractivity contribution in [3.05, 3.63) is 29.3 Å². The molecule has 0 amide bonds. The Hall–Kier alpha value is -1.51. The second-order valence-electron chi connectivity index (χ2n) is 4.12. The summed E-state index contributed by atoms with van der Waals surface area (Å²) in [6, 6.07) is 6.15. The number of benzene rings is 1. The molecule has 0 bridgehead atoms.